The van der Waals surface area contributed by atoms with Crippen molar-refractivity contribution in [3.8, 4) is 0 Å². The van der Waals surface area contributed by atoms with Crippen LogP contribution in [0.25, 0.3) is 16.6 Å². The van der Waals surface area contributed by atoms with E-state index in [0.717, 1.165) is 61.9 Å². The minimum atomic E-state index is -2.40. The van der Waals surface area contributed by atoms with Crippen LogP contribution in [-0.2, 0) is 16.1 Å². The first-order valence-electron chi connectivity index (χ1n) is 21.9. The topological polar surface area (TPSA) is 157 Å². The van der Waals surface area contributed by atoms with E-state index in [-0.39, 0.29) is 55.3 Å². The zero-order valence-electron chi connectivity index (χ0n) is 34.8. The SMILES string of the molecule is O=C1CCC(N2Cc3c(ccc(N4CCC(CN5CCC(n6cc7cc(NC(=O)c8cnn9cccnc89)c(N8CCN(CC(F)F)CC8)cc7n6)CC5)CC4)c3F)C2=O)C(=O)N1. The summed E-state index contributed by atoms with van der Waals surface area (Å²) in [7, 11) is 0. The molecular weight excluding hydrogens is 818 g/mol. The van der Waals surface area contributed by atoms with Gasteiger partial charge in [0.25, 0.3) is 18.2 Å². The Morgan fingerprint density at radius 3 is 2.44 bits per heavy atom. The van der Waals surface area contributed by atoms with E-state index < -0.39 is 24.2 Å². The number of nitrogens with one attached hydrogen (secondary N) is 2. The number of amides is 4. The molecule has 19 heteroatoms. The number of likely N-dealkylation sites (tertiary alicyclic amines) is 1. The average Bonchev–Trinajstić information content (AvgIpc) is 4.00. The maximum atomic E-state index is 16.0. The predicted molar refractivity (Wildman–Crippen MR) is 227 cm³/mol. The first kappa shape index (κ1) is 41.0. The van der Waals surface area contributed by atoms with Crippen LogP contribution in [0.4, 0.5) is 30.2 Å². The van der Waals surface area contributed by atoms with Gasteiger partial charge in [0.05, 0.1) is 47.9 Å². The van der Waals surface area contributed by atoms with E-state index in [1.165, 1.54) is 11.1 Å². The van der Waals surface area contributed by atoms with Gasteiger partial charge in [0.2, 0.25) is 11.8 Å². The number of hydrogen-bond donors (Lipinski definition) is 2. The Kier molecular flexibility index (Phi) is 11.0. The van der Waals surface area contributed by atoms with Gasteiger partial charge in [0, 0.05) is 100 Å². The van der Waals surface area contributed by atoms with Crippen LogP contribution in [0.5, 0.6) is 0 Å². The van der Waals surface area contributed by atoms with E-state index in [2.05, 4.69) is 40.1 Å². The molecule has 10 rings (SSSR count). The Labute approximate surface area is 360 Å². The summed E-state index contributed by atoms with van der Waals surface area (Å²) in [6.45, 7) is 5.95. The molecular formula is C44H49F3N12O4. The van der Waals surface area contributed by atoms with Crippen LogP contribution in [0.15, 0.2) is 55.1 Å². The van der Waals surface area contributed by atoms with Gasteiger partial charge < -0.3 is 24.9 Å². The highest BCUT2D eigenvalue weighted by atomic mass is 19.3. The molecule has 2 N–H and O–H groups in total. The summed E-state index contributed by atoms with van der Waals surface area (Å²) in [5, 5.41) is 15.6. The number of piperidine rings is 3. The summed E-state index contributed by atoms with van der Waals surface area (Å²) in [6, 6.07) is 8.44. The number of rotatable bonds is 10. The molecule has 8 heterocycles. The van der Waals surface area contributed by atoms with Gasteiger partial charge >= 0.3 is 0 Å². The fourth-order valence-electron chi connectivity index (χ4n) is 10.1. The number of benzene rings is 2. The Hall–Kier alpha value is -6.08. The molecule has 1 unspecified atom stereocenters. The lowest BCUT2D eigenvalue weighted by atomic mass is 9.94. The highest BCUT2D eigenvalue weighted by Gasteiger charge is 2.41. The summed E-state index contributed by atoms with van der Waals surface area (Å²) in [5.41, 5.74) is 4.04. The molecule has 5 aliphatic heterocycles. The van der Waals surface area contributed by atoms with Gasteiger partial charge in [0.15, 0.2) is 11.5 Å². The molecule has 4 fully saturated rings. The maximum absolute atomic E-state index is 16.0. The number of piperazine rings is 1. The molecule has 0 saturated carbocycles. The van der Waals surface area contributed by atoms with Crippen molar-refractivity contribution in [3.05, 3.63) is 77.6 Å². The first-order valence-corrected chi connectivity index (χ1v) is 21.9. The minimum absolute atomic E-state index is 0.00920. The number of halogens is 3. The Balaban J connectivity index is 0.768. The molecule has 63 heavy (non-hydrogen) atoms. The fourth-order valence-corrected chi connectivity index (χ4v) is 10.1. The van der Waals surface area contributed by atoms with E-state index in [1.807, 2.05) is 18.3 Å². The van der Waals surface area contributed by atoms with E-state index >= 15 is 4.39 Å². The number of carbonyl (C=O) groups is 4. The summed E-state index contributed by atoms with van der Waals surface area (Å²) < 4.78 is 46.0. The van der Waals surface area contributed by atoms with Crippen LogP contribution in [0, 0.1) is 11.7 Å². The molecule has 16 nitrogen and oxygen atoms in total. The lowest BCUT2D eigenvalue weighted by Gasteiger charge is -2.38. The minimum Gasteiger partial charge on any atom is -0.369 e. The molecule has 0 spiro atoms. The molecule has 5 aromatic rings. The number of anilines is 3. The number of imide groups is 1. The average molecular weight is 867 g/mol. The third kappa shape index (κ3) is 8.07. The molecule has 0 aliphatic carbocycles. The molecule has 330 valence electrons. The quantitative estimate of drug-likeness (QED) is 0.195. The van der Waals surface area contributed by atoms with Gasteiger partial charge in [-0.15, -0.1) is 0 Å². The van der Waals surface area contributed by atoms with Crippen LogP contribution in [0.2, 0.25) is 0 Å². The van der Waals surface area contributed by atoms with Crippen molar-refractivity contribution in [1.29, 1.82) is 0 Å². The number of nitrogens with zero attached hydrogens (tertiary/aromatic N) is 10. The van der Waals surface area contributed by atoms with Crippen molar-refractivity contribution in [2.24, 2.45) is 5.92 Å². The standard InChI is InChI=1S/C44H49F3N12O4/c45-38(46)26-54-16-18-56(19-17-54)37-21-33-28(20-34(37)50-42(61)31-22-49-58-11-1-10-48-41(31)58)24-59(52-33)29-8-12-53(13-9-29)23-27-6-14-55(15-7-27)35-3-2-30-32(40(35)47)25-57(44(30)63)36-4-5-39(60)51-43(36)62/h1-3,10-11,20-22,24,27,29,36,38H,4-9,12-19,23,25-26H2,(H,50,61)(H,51,60,62). The van der Waals surface area contributed by atoms with Crippen molar-refractivity contribution in [2.45, 2.75) is 63.6 Å². The van der Waals surface area contributed by atoms with Gasteiger partial charge in [0.1, 0.15) is 11.6 Å². The fraction of sp³-hybridized carbons (Fsp3) is 0.477. The van der Waals surface area contributed by atoms with Crippen molar-refractivity contribution >= 4 is 57.2 Å². The van der Waals surface area contributed by atoms with E-state index in [9.17, 15) is 28.0 Å². The summed E-state index contributed by atoms with van der Waals surface area (Å²) in [6.07, 6.45) is 8.54. The second-order valence-electron chi connectivity index (χ2n) is 17.4. The van der Waals surface area contributed by atoms with Crippen molar-refractivity contribution < 1.29 is 32.3 Å². The molecule has 1 atom stereocenters. The zero-order chi connectivity index (χ0) is 43.4. The van der Waals surface area contributed by atoms with E-state index in [4.69, 9.17) is 5.10 Å². The summed E-state index contributed by atoms with van der Waals surface area (Å²) in [5.74, 6) is -1.55. The van der Waals surface area contributed by atoms with Crippen LogP contribution < -0.4 is 20.4 Å². The Morgan fingerprint density at radius 2 is 1.68 bits per heavy atom. The normalized spacial score (nSPS) is 21.0. The smallest absolute Gasteiger partial charge is 0.261 e. The Morgan fingerprint density at radius 1 is 0.905 bits per heavy atom. The second kappa shape index (κ2) is 16.9. The second-order valence-corrected chi connectivity index (χ2v) is 17.4. The maximum Gasteiger partial charge on any atom is 0.261 e. The van der Waals surface area contributed by atoms with Crippen LogP contribution in [0.3, 0.4) is 0 Å². The molecule has 0 bridgehead atoms. The van der Waals surface area contributed by atoms with Gasteiger partial charge in [-0.25, -0.2) is 22.7 Å². The summed E-state index contributed by atoms with van der Waals surface area (Å²) in [4.78, 5) is 65.2. The predicted octanol–water partition coefficient (Wildman–Crippen LogP) is 4.17. The van der Waals surface area contributed by atoms with Crippen molar-refractivity contribution in [3.63, 3.8) is 0 Å². The molecule has 5 aliphatic rings. The number of hydrogen-bond acceptors (Lipinski definition) is 11. The van der Waals surface area contributed by atoms with Crippen LogP contribution in [-0.4, -0.2) is 141 Å². The van der Waals surface area contributed by atoms with E-state index in [0.29, 0.717) is 73.3 Å². The summed E-state index contributed by atoms with van der Waals surface area (Å²) >= 11 is 0. The molecule has 4 saturated heterocycles. The van der Waals surface area contributed by atoms with Crippen molar-refractivity contribution in [2.75, 3.05) is 80.6 Å². The van der Waals surface area contributed by atoms with Gasteiger partial charge in [-0.2, -0.15) is 10.2 Å². The largest absolute Gasteiger partial charge is 0.369 e. The lowest BCUT2D eigenvalue weighted by Crippen LogP contribution is -2.52. The van der Waals surface area contributed by atoms with Crippen molar-refractivity contribution in [1.82, 2.24) is 44.4 Å². The van der Waals surface area contributed by atoms with Gasteiger partial charge in [-0.3, -0.25) is 34.1 Å². The number of alkyl halides is 2. The molecule has 4 amide bonds. The first-order chi connectivity index (χ1) is 30.6. The molecule has 2 aromatic carbocycles. The number of carbonyl (C=O) groups excluding carboxylic acids is 4. The monoisotopic (exact) mass is 866 g/mol. The third-order valence-electron chi connectivity index (χ3n) is 13.6. The number of aromatic nitrogens is 5. The lowest BCUT2D eigenvalue weighted by molar-refractivity contribution is -0.136. The highest BCUT2D eigenvalue weighted by Crippen LogP contribution is 2.37. The van der Waals surface area contributed by atoms with Gasteiger partial charge in [-0.1, -0.05) is 0 Å². The third-order valence-corrected chi connectivity index (χ3v) is 13.6. The van der Waals surface area contributed by atoms with Crippen LogP contribution >= 0.6 is 0 Å². The Bertz CT molecular complexity index is 2580. The highest BCUT2D eigenvalue weighted by molar-refractivity contribution is 6.10. The molecule has 3 aromatic heterocycles. The van der Waals surface area contributed by atoms with Gasteiger partial charge in [-0.05, 0) is 68.4 Å². The van der Waals surface area contributed by atoms with E-state index in [1.54, 1.807) is 40.0 Å². The number of fused-ring (bicyclic) bond motifs is 3. The zero-order valence-corrected chi connectivity index (χ0v) is 34.8. The molecule has 0 radical (unpaired) electrons. The van der Waals surface area contributed by atoms with Crippen LogP contribution in [0.1, 0.15) is 70.8 Å².